The van der Waals surface area contributed by atoms with Gasteiger partial charge < -0.3 is 5.32 Å². The van der Waals surface area contributed by atoms with Crippen LogP contribution in [0.15, 0.2) is 24.4 Å². The molecule has 136 valence electrons. The minimum atomic E-state index is -4.80. The number of hydrogen-bond donors (Lipinski definition) is 1. The number of aromatic nitrogens is 3. The van der Waals surface area contributed by atoms with Gasteiger partial charge in [0.15, 0.2) is 5.69 Å². The number of alkyl halides is 6. The summed E-state index contributed by atoms with van der Waals surface area (Å²) < 4.78 is 76.9. The van der Waals surface area contributed by atoms with E-state index in [1.165, 1.54) is 13.1 Å². The van der Waals surface area contributed by atoms with Crippen LogP contribution in [0.1, 0.15) is 27.4 Å². The molecular formula is C14H12F6N4O. The molecule has 2 aromatic heterocycles. The highest BCUT2D eigenvalue weighted by Gasteiger charge is 2.39. The second kappa shape index (κ2) is 6.73. The van der Waals surface area contributed by atoms with Gasteiger partial charge in [0.2, 0.25) is 0 Å². The maximum atomic E-state index is 12.8. The summed E-state index contributed by atoms with van der Waals surface area (Å²) in [5.41, 5.74) is -3.02. The number of pyridine rings is 1. The minimum absolute atomic E-state index is 0.0531. The molecule has 0 aromatic carbocycles. The van der Waals surface area contributed by atoms with Gasteiger partial charge in [0.1, 0.15) is 5.69 Å². The molecule has 2 rings (SSSR count). The summed E-state index contributed by atoms with van der Waals surface area (Å²) in [7, 11) is 1.23. The van der Waals surface area contributed by atoms with Crippen molar-refractivity contribution < 1.29 is 31.1 Å². The standard InChI is InChI=1S/C14H12F6N4O/c1-24-7-9(11(23-24)14(18,19)20)12(25)21-6-5-8-3-2-4-10(22-8)13(15,16)17/h2-4,7H,5-6H2,1H3,(H,21,25). The summed E-state index contributed by atoms with van der Waals surface area (Å²) in [4.78, 5) is 15.3. The molecule has 0 bridgehead atoms. The summed E-state index contributed by atoms with van der Waals surface area (Å²) in [6, 6.07) is 3.29. The lowest BCUT2D eigenvalue weighted by Crippen LogP contribution is -2.28. The van der Waals surface area contributed by atoms with Crippen molar-refractivity contribution in [3.05, 3.63) is 47.0 Å². The van der Waals surface area contributed by atoms with Gasteiger partial charge in [-0.3, -0.25) is 9.48 Å². The van der Waals surface area contributed by atoms with Crippen molar-refractivity contribution in [2.24, 2.45) is 7.05 Å². The van der Waals surface area contributed by atoms with Gasteiger partial charge in [-0.25, -0.2) is 4.98 Å². The molecule has 1 amide bonds. The van der Waals surface area contributed by atoms with Crippen LogP contribution < -0.4 is 5.32 Å². The summed E-state index contributed by atoms with van der Waals surface area (Å²) in [5.74, 6) is -1.02. The van der Waals surface area contributed by atoms with E-state index in [4.69, 9.17) is 0 Å². The highest BCUT2D eigenvalue weighted by atomic mass is 19.4. The van der Waals surface area contributed by atoms with Crippen LogP contribution in [0.4, 0.5) is 26.3 Å². The number of carbonyl (C=O) groups is 1. The Morgan fingerprint density at radius 3 is 2.44 bits per heavy atom. The summed E-state index contributed by atoms with van der Waals surface area (Å²) in [6.07, 6.45) is -8.55. The van der Waals surface area contributed by atoms with Crippen LogP contribution in [-0.2, 0) is 25.8 Å². The molecule has 0 spiro atoms. The summed E-state index contributed by atoms with van der Waals surface area (Å²) >= 11 is 0. The van der Waals surface area contributed by atoms with Crippen LogP contribution in [0.25, 0.3) is 0 Å². The van der Waals surface area contributed by atoms with Crippen molar-refractivity contribution in [2.75, 3.05) is 6.54 Å². The first-order valence-corrected chi connectivity index (χ1v) is 6.90. The molecule has 0 aliphatic rings. The van der Waals surface area contributed by atoms with Gasteiger partial charge in [0, 0.05) is 31.9 Å². The van der Waals surface area contributed by atoms with Crippen molar-refractivity contribution in [3.63, 3.8) is 0 Å². The zero-order valence-corrected chi connectivity index (χ0v) is 12.7. The van der Waals surface area contributed by atoms with Crippen molar-refractivity contribution in [1.29, 1.82) is 0 Å². The maximum Gasteiger partial charge on any atom is 0.435 e. The van der Waals surface area contributed by atoms with E-state index in [0.29, 0.717) is 0 Å². The topological polar surface area (TPSA) is 59.8 Å². The predicted octanol–water partition coefficient (Wildman–Crippen LogP) is 2.83. The van der Waals surface area contributed by atoms with Crippen LogP contribution in [0.3, 0.4) is 0 Å². The fourth-order valence-corrected chi connectivity index (χ4v) is 2.04. The molecular weight excluding hydrogens is 354 g/mol. The Labute approximate surface area is 137 Å². The van der Waals surface area contributed by atoms with Gasteiger partial charge >= 0.3 is 12.4 Å². The van der Waals surface area contributed by atoms with Gasteiger partial charge in [-0.2, -0.15) is 31.4 Å². The van der Waals surface area contributed by atoms with Crippen LogP contribution in [0.5, 0.6) is 0 Å². The lowest BCUT2D eigenvalue weighted by atomic mass is 10.2. The van der Waals surface area contributed by atoms with E-state index in [2.05, 4.69) is 15.4 Å². The van der Waals surface area contributed by atoms with Crippen molar-refractivity contribution in [2.45, 2.75) is 18.8 Å². The van der Waals surface area contributed by atoms with Gasteiger partial charge in [0.25, 0.3) is 5.91 Å². The molecule has 0 aliphatic heterocycles. The molecule has 1 N–H and O–H groups in total. The Kier molecular flexibility index (Phi) is 5.04. The number of aryl methyl sites for hydroxylation is 1. The average molecular weight is 366 g/mol. The third-order valence-corrected chi connectivity index (χ3v) is 3.11. The monoisotopic (exact) mass is 366 g/mol. The van der Waals surface area contributed by atoms with Crippen LogP contribution in [0, 0.1) is 0 Å². The van der Waals surface area contributed by atoms with Crippen molar-refractivity contribution >= 4 is 5.91 Å². The maximum absolute atomic E-state index is 12.8. The van der Waals surface area contributed by atoms with Crippen molar-refractivity contribution in [1.82, 2.24) is 20.1 Å². The summed E-state index contributed by atoms with van der Waals surface area (Å²) in [6.45, 7) is -0.181. The lowest BCUT2D eigenvalue weighted by Gasteiger charge is -2.09. The van der Waals surface area contributed by atoms with E-state index in [1.807, 2.05) is 0 Å². The zero-order valence-electron chi connectivity index (χ0n) is 12.7. The normalized spacial score (nSPS) is 12.3. The van der Waals surface area contributed by atoms with E-state index < -0.39 is 35.2 Å². The number of carbonyl (C=O) groups excluding carboxylic acids is 1. The quantitative estimate of drug-likeness (QED) is 0.847. The number of nitrogens with one attached hydrogen (secondary N) is 1. The van der Waals surface area contributed by atoms with E-state index in [9.17, 15) is 31.1 Å². The molecule has 0 atom stereocenters. The summed E-state index contributed by atoms with van der Waals surface area (Å²) in [5, 5.41) is 5.42. The van der Waals surface area contributed by atoms with E-state index in [1.54, 1.807) is 0 Å². The number of halogens is 6. The first-order chi connectivity index (χ1) is 11.5. The van der Waals surface area contributed by atoms with Gasteiger partial charge in [-0.1, -0.05) is 6.07 Å². The largest absolute Gasteiger partial charge is 0.435 e. The molecule has 0 fully saturated rings. The Hall–Kier alpha value is -2.59. The Morgan fingerprint density at radius 1 is 1.16 bits per heavy atom. The second-order valence-corrected chi connectivity index (χ2v) is 5.08. The van der Waals surface area contributed by atoms with Gasteiger partial charge in [-0.05, 0) is 12.1 Å². The van der Waals surface area contributed by atoms with E-state index >= 15 is 0 Å². The van der Waals surface area contributed by atoms with E-state index in [0.717, 1.165) is 23.0 Å². The Bertz CT molecular complexity index is 765. The third kappa shape index (κ3) is 4.70. The predicted molar refractivity (Wildman–Crippen MR) is 73.5 cm³/mol. The fourth-order valence-electron chi connectivity index (χ4n) is 2.04. The number of nitrogens with zero attached hydrogens (tertiary/aromatic N) is 3. The second-order valence-electron chi connectivity index (χ2n) is 5.08. The molecule has 0 unspecified atom stereocenters. The third-order valence-electron chi connectivity index (χ3n) is 3.11. The molecule has 0 radical (unpaired) electrons. The van der Waals surface area contributed by atoms with Gasteiger partial charge in [0.05, 0.1) is 5.56 Å². The fraction of sp³-hybridized carbons (Fsp3) is 0.357. The Morgan fingerprint density at radius 2 is 1.84 bits per heavy atom. The minimum Gasteiger partial charge on any atom is -0.352 e. The SMILES string of the molecule is Cn1cc(C(=O)NCCc2cccc(C(F)(F)F)n2)c(C(F)(F)F)n1. The molecule has 2 heterocycles. The highest BCUT2D eigenvalue weighted by molar-refractivity contribution is 5.95. The number of hydrogen-bond acceptors (Lipinski definition) is 3. The van der Waals surface area contributed by atoms with Crippen LogP contribution in [0.2, 0.25) is 0 Å². The molecule has 0 saturated heterocycles. The van der Waals surface area contributed by atoms with Crippen molar-refractivity contribution in [3.8, 4) is 0 Å². The lowest BCUT2D eigenvalue weighted by molar-refractivity contribution is -0.142. The average Bonchev–Trinajstić information content (AvgIpc) is 2.89. The highest BCUT2D eigenvalue weighted by Crippen LogP contribution is 2.30. The smallest absolute Gasteiger partial charge is 0.352 e. The molecule has 0 aliphatic carbocycles. The van der Waals surface area contributed by atoms with Gasteiger partial charge in [-0.15, -0.1) is 0 Å². The number of amides is 1. The molecule has 25 heavy (non-hydrogen) atoms. The molecule has 5 nitrogen and oxygen atoms in total. The first-order valence-electron chi connectivity index (χ1n) is 6.90. The molecule has 11 heteroatoms. The zero-order chi connectivity index (χ0) is 18.8. The van der Waals surface area contributed by atoms with E-state index in [-0.39, 0.29) is 18.7 Å². The van der Waals surface area contributed by atoms with Crippen LogP contribution in [-0.4, -0.2) is 27.2 Å². The Balaban J connectivity index is 2.03. The van der Waals surface area contributed by atoms with Crippen LogP contribution >= 0.6 is 0 Å². The first kappa shape index (κ1) is 18.7. The molecule has 0 saturated carbocycles. The molecule has 2 aromatic rings. The number of rotatable bonds is 4.